The van der Waals surface area contributed by atoms with Crippen LogP contribution in [-0.4, -0.2) is 38.9 Å². The number of hydrogen-bond acceptors (Lipinski definition) is 5. The Labute approximate surface area is 159 Å². The second kappa shape index (κ2) is 7.71. The summed E-state index contributed by atoms with van der Waals surface area (Å²) in [6, 6.07) is 10.4. The number of amides is 1. The van der Waals surface area contributed by atoms with E-state index < -0.39 is 21.6 Å². The zero-order chi connectivity index (χ0) is 19.6. The van der Waals surface area contributed by atoms with E-state index in [0.29, 0.717) is 28.2 Å². The van der Waals surface area contributed by atoms with Crippen molar-refractivity contribution >= 4 is 37.3 Å². The van der Waals surface area contributed by atoms with Crippen molar-refractivity contribution in [3.63, 3.8) is 0 Å². The van der Waals surface area contributed by atoms with E-state index in [4.69, 9.17) is 4.74 Å². The maximum Gasteiger partial charge on any atom is 0.279 e. The number of sulfone groups is 1. The number of fused-ring (bicyclic) bond motifs is 1. The summed E-state index contributed by atoms with van der Waals surface area (Å²) in [6.07, 6.45) is 1.07. The van der Waals surface area contributed by atoms with Gasteiger partial charge in [0.1, 0.15) is 5.82 Å². The van der Waals surface area contributed by atoms with Gasteiger partial charge in [0.05, 0.1) is 21.7 Å². The Hall–Kier alpha value is -2.36. The number of carbonyl (C=O) groups excluding carboxylic acids is 1. The maximum atomic E-state index is 14.3. The van der Waals surface area contributed by atoms with Gasteiger partial charge in [0.15, 0.2) is 14.6 Å². The van der Waals surface area contributed by atoms with Crippen molar-refractivity contribution in [3.8, 4) is 0 Å². The average molecular weight is 408 g/mol. The molecule has 9 heteroatoms. The van der Waals surface area contributed by atoms with Crippen LogP contribution in [0.5, 0.6) is 0 Å². The molecule has 2 aromatic carbocycles. The van der Waals surface area contributed by atoms with Gasteiger partial charge in [-0.05, 0) is 30.3 Å². The minimum Gasteiger partial charge on any atom is -0.383 e. The molecule has 3 rings (SSSR count). The number of rotatable bonds is 5. The van der Waals surface area contributed by atoms with E-state index in [0.717, 1.165) is 6.26 Å². The number of benzene rings is 2. The van der Waals surface area contributed by atoms with E-state index in [-0.39, 0.29) is 10.5 Å². The Morgan fingerprint density at radius 2 is 2.00 bits per heavy atom. The summed E-state index contributed by atoms with van der Waals surface area (Å²) in [5.74, 6) is -1.01. The van der Waals surface area contributed by atoms with Crippen LogP contribution in [0.15, 0.2) is 52.4 Å². The second-order valence-electron chi connectivity index (χ2n) is 5.83. The summed E-state index contributed by atoms with van der Waals surface area (Å²) in [5.41, 5.74) is 0.505. The molecule has 0 saturated carbocycles. The van der Waals surface area contributed by atoms with Crippen LogP contribution < -0.4 is 4.80 Å². The molecule has 0 unspecified atom stereocenters. The molecule has 6 nitrogen and oxygen atoms in total. The molecule has 1 amide bonds. The molecule has 142 valence electrons. The standard InChI is InChI=1S/C18H17FN2O4S2/c1-25-10-9-21-16-14(19)7-4-8-15(16)26-18(21)20-17(22)12-5-3-6-13(11-12)27(2,23)24/h3-8,11H,9-10H2,1-2H3. The van der Waals surface area contributed by atoms with Crippen LogP contribution >= 0.6 is 11.3 Å². The molecule has 0 fully saturated rings. The lowest BCUT2D eigenvalue weighted by Gasteiger charge is -2.05. The van der Waals surface area contributed by atoms with E-state index in [9.17, 15) is 17.6 Å². The summed E-state index contributed by atoms with van der Waals surface area (Å²) in [7, 11) is -1.91. The molecule has 0 N–H and O–H groups in total. The third-order valence-corrected chi connectivity index (χ3v) is 6.03. The molecule has 0 radical (unpaired) electrons. The number of methoxy groups -OCH3 is 1. The van der Waals surface area contributed by atoms with Crippen molar-refractivity contribution in [2.45, 2.75) is 11.4 Å². The highest BCUT2D eigenvalue weighted by molar-refractivity contribution is 7.90. The van der Waals surface area contributed by atoms with Gasteiger partial charge in [-0.25, -0.2) is 12.8 Å². The number of nitrogens with zero attached hydrogens (tertiary/aromatic N) is 2. The van der Waals surface area contributed by atoms with Gasteiger partial charge < -0.3 is 9.30 Å². The van der Waals surface area contributed by atoms with E-state index >= 15 is 0 Å². The van der Waals surface area contributed by atoms with E-state index in [1.54, 1.807) is 16.7 Å². The van der Waals surface area contributed by atoms with Crippen LogP contribution in [0, 0.1) is 5.82 Å². The molecule has 27 heavy (non-hydrogen) atoms. The van der Waals surface area contributed by atoms with Crippen LogP contribution in [0.3, 0.4) is 0 Å². The molecule has 0 aliphatic carbocycles. The van der Waals surface area contributed by atoms with Crippen molar-refractivity contribution in [1.82, 2.24) is 4.57 Å². The average Bonchev–Trinajstić information content (AvgIpc) is 2.97. The lowest BCUT2D eigenvalue weighted by molar-refractivity contribution is 0.0997. The smallest absolute Gasteiger partial charge is 0.279 e. The lowest BCUT2D eigenvalue weighted by Crippen LogP contribution is -2.20. The molecule has 0 aliphatic rings. The monoisotopic (exact) mass is 408 g/mol. The molecule has 0 bridgehead atoms. The van der Waals surface area contributed by atoms with Crippen molar-refractivity contribution in [1.29, 1.82) is 0 Å². The first-order valence-electron chi connectivity index (χ1n) is 7.97. The normalized spacial score (nSPS) is 12.6. The number of thiazole rings is 1. The fourth-order valence-corrected chi connectivity index (χ4v) is 4.31. The number of halogens is 1. The predicted molar refractivity (Wildman–Crippen MR) is 101 cm³/mol. The highest BCUT2D eigenvalue weighted by Crippen LogP contribution is 2.20. The SMILES string of the molecule is COCCn1c(=NC(=O)c2cccc(S(C)(=O)=O)c2)sc2cccc(F)c21. The van der Waals surface area contributed by atoms with Crippen LogP contribution in [0.4, 0.5) is 4.39 Å². The number of hydrogen-bond donors (Lipinski definition) is 0. The van der Waals surface area contributed by atoms with Gasteiger partial charge in [-0.1, -0.05) is 23.5 Å². The van der Waals surface area contributed by atoms with Gasteiger partial charge in [0.25, 0.3) is 5.91 Å². The van der Waals surface area contributed by atoms with Crippen LogP contribution in [-0.2, 0) is 21.1 Å². The fourth-order valence-electron chi connectivity index (χ4n) is 2.57. The predicted octanol–water partition coefficient (Wildman–Crippen LogP) is 2.63. The molecule has 0 spiro atoms. The van der Waals surface area contributed by atoms with Crippen molar-refractivity contribution in [3.05, 3.63) is 58.6 Å². The molecule has 0 atom stereocenters. The Morgan fingerprint density at radius 1 is 1.26 bits per heavy atom. The molecule has 1 heterocycles. The fraction of sp³-hybridized carbons (Fsp3) is 0.222. The highest BCUT2D eigenvalue weighted by Gasteiger charge is 2.14. The number of para-hydroxylation sites is 1. The second-order valence-corrected chi connectivity index (χ2v) is 8.86. The van der Waals surface area contributed by atoms with Crippen molar-refractivity contribution < 1.29 is 22.3 Å². The summed E-state index contributed by atoms with van der Waals surface area (Å²) in [5, 5.41) is 0. The summed E-state index contributed by atoms with van der Waals surface area (Å²) < 4.78 is 45.0. The minimum atomic E-state index is -3.44. The third kappa shape index (κ3) is 4.15. The molecular formula is C18H17FN2O4S2. The quantitative estimate of drug-likeness (QED) is 0.650. The van der Waals surface area contributed by atoms with Crippen LogP contribution in [0.1, 0.15) is 10.4 Å². The zero-order valence-electron chi connectivity index (χ0n) is 14.7. The highest BCUT2D eigenvalue weighted by atomic mass is 32.2. The van der Waals surface area contributed by atoms with E-state index in [1.165, 1.54) is 48.8 Å². The van der Waals surface area contributed by atoms with Gasteiger partial charge in [0.2, 0.25) is 0 Å². The molecule has 1 aromatic heterocycles. The largest absolute Gasteiger partial charge is 0.383 e. The Balaban J connectivity index is 2.13. The molecule has 0 aliphatic heterocycles. The zero-order valence-corrected chi connectivity index (χ0v) is 16.3. The summed E-state index contributed by atoms with van der Waals surface area (Å²) in [6.45, 7) is 0.651. The van der Waals surface area contributed by atoms with Gasteiger partial charge in [-0.3, -0.25) is 4.79 Å². The summed E-state index contributed by atoms with van der Waals surface area (Å²) in [4.78, 5) is 17.1. The maximum absolute atomic E-state index is 14.3. The van der Waals surface area contributed by atoms with E-state index in [1.807, 2.05) is 0 Å². The Morgan fingerprint density at radius 3 is 2.70 bits per heavy atom. The Bertz CT molecular complexity index is 1180. The topological polar surface area (TPSA) is 77.7 Å². The first kappa shape index (κ1) is 19.4. The minimum absolute atomic E-state index is 0.0400. The first-order chi connectivity index (χ1) is 12.8. The van der Waals surface area contributed by atoms with Crippen molar-refractivity contribution in [2.24, 2.45) is 4.99 Å². The Kier molecular flexibility index (Phi) is 5.54. The lowest BCUT2D eigenvalue weighted by atomic mass is 10.2. The van der Waals surface area contributed by atoms with Gasteiger partial charge in [0, 0.05) is 25.5 Å². The van der Waals surface area contributed by atoms with Crippen LogP contribution in [0.25, 0.3) is 10.2 Å². The summed E-state index contributed by atoms with van der Waals surface area (Å²) >= 11 is 1.18. The van der Waals surface area contributed by atoms with Crippen LogP contribution in [0.2, 0.25) is 0 Å². The van der Waals surface area contributed by atoms with Gasteiger partial charge >= 0.3 is 0 Å². The van der Waals surface area contributed by atoms with Gasteiger partial charge in [-0.2, -0.15) is 4.99 Å². The van der Waals surface area contributed by atoms with Gasteiger partial charge in [-0.15, -0.1) is 0 Å². The number of carbonyl (C=O) groups is 1. The molecule has 0 saturated heterocycles. The first-order valence-corrected chi connectivity index (χ1v) is 10.7. The number of aromatic nitrogens is 1. The molecular weight excluding hydrogens is 391 g/mol. The van der Waals surface area contributed by atoms with Crippen molar-refractivity contribution in [2.75, 3.05) is 20.0 Å². The number of ether oxygens (including phenoxy) is 1. The third-order valence-electron chi connectivity index (χ3n) is 3.88. The molecule has 3 aromatic rings. The van der Waals surface area contributed by atoms with E-state index in [2.05, 4.69) is 4.99 Å².